The Morgan fingerprint density at radius 1 is 1.67 bits per heavy atom. The molecule has 5 heteroatoms. The standard InChI is InChI=1S/C13H15N3O2/c14-7-11-3-4-15-8-12(11)16-5-1-2-10(9-16)6-13(17)18/h3-4,8,10H,1-2,5-6,9H2,(H,17,18). The van der Waals surface area contributed by atoms with Crippen molar-refractivity contribution in [3.8, 4) is 6.07 Å². The number of nitriles is 1. The van der Waals surface area contributed by atoms with E-state index in [0.717, 1.165) is 25.1 Å². The smallest absolute Gasteiger partial charge is 0.303 e. The molecular formula is C13H15N3O2. The van der Waals surface area contributed by atoms with Gasteiger partial charge in [-0.15, -0.1) is 0 Å². The lowest BCUT2D eigenvalue weighted by atomic mass is 9.94. The van der Waals surface area contributed by atoms with Crippen molar-refractivity contribution >= 4 is 11.7 Å². The van der Waals surface area contributed by atoms with E-state index >= 15 is 0 Å². The number of carboxylic acids is 1. The second-order valence-electron chi connectivity index (χ2n) is 4.56. The summed E-state index contributed by atoms with van der Waals surface area (Å²) in [5, 5.41) is 17.9. The van der Waals surface area contributed by atoms with Gasteiger partial charge < -0.3 is 10.0 Å². The van der Waals surface area contributed by atoms with E-state index in [1.165, 1.54) is 0 Å². The molecule has 1 aromatic rings. The number of nitrogens with zero attached hydrogens (tertiary/aromatic N) is 3. The number of anilines is 1. The Morgan fingerprint density at radius 2 is 2.50 bits per heavy atom. The van der Waals surface area contributed by atoms with Crippen molar-refractivity contribution in [1.29, 1.82) is 5.26 Å². The van der Waals surface area contributed by atoms with Gasteiger partial charge in [0.15, 0.2) is 0 Å². The second kappa shape index (κ2) is 5.50. The number of aliphatic carboxylic acids is 1. The van der Waals surface area contributed by atoms with Gasteiger partial charge in [-0.3, -0.25) is 9.78 Å². The predicted octanol–water partition coefficient (Wildman–Crippen LogP) is 1.64. The Morgan fingerprint density at radius 3 is 3.22 bits per heavy atom. The summed E-state index contributed by atoms with van der Waals surface area (Å²) in [6.07, 6.45) is 5.36. The average Bonchev–Trinajstić information content (AvgIpc) is 2.38. The quantitative estimate of drug-likeness (QED) is 0.876. The molecule has 1 saturated heterocycles. The topological polar surface area (TPSA) is 77.2 Å². The van der Waals surface area contributed by atoms with E-state index in [9.17, 15) is 4.79 Å². The van der Waals surface area contributed by atoms with Gasteiger partial charge in [-0.05, 0) is 24.8 Å². The van der Waals surface area contributed by atoms with Gasteiger partial charge in [0, 0.05) is 25.7 Å². The molecule has 0 aromatic carbocycles. The minimum atomic E-state index is -0.756. The Bertz CT molecular complexity index is 481. The van der Waals surface area contributed by atoms with Crippen molar-refractivity contribution in [3.63, 3.8) is 0 Å². The number of piperidine rings is 1. The Kier molecular flexibility index (Phi) is 3.78. The lowest BCUT2D eigenvalue weighted by molar-refractivity contribution is -0.138. The Hall–Kier alpha value is -2.09. The molecule has 1 N–H and O–H groups in total. The molecule has 0 bridgehead atoms. The summed E-state index contributed by atoms with van der Waals surface area (Å²) in [5.74, 6) is -0.600. The summed E-state index contributed by atoms with van der Waals surface area (Å²) in [5.41, 5.74) is 1.41. The molecule has 1 unspecified atom stereocenters. The van der Waals surface area contributed by atoms with Gasteiger partial charge >= 0.3 is 5.97 Å². The highest BCUT2D eigenvalue weighted by Crippen LogP contribution is 2.26. The van der Waals surface area contributed by atoms with Crippen molar-refractivity contribution in [3.05, 3.63) is 24.0 Å². The van der Waals surface area contributed by atoms with Gasteiger partial charge in [-0.1, -0.05) is 0 Å². The molecule has 1 aliphatic heterocycles. The maximum atomic E-state index is 10.8. The highest BCUT2D eigenvalue weighted by molar-refractivity contribution is 5.67. The number of hydrogen-bond donors (Lipinski definition) is 1. The van der Waals surface area contributed by atoms with E-state index in [4.69, 9.17) is 10.4 Å². The molecule has 1 aliphatic rings. The van der Waals surface area contributed by atoms with Crippen molar-refractivity contribution < 1.29 is 9.90 Å². The molecular weight excluding hydrogens is 230 g/mol. The van der Waals surface area contributed by atoms with Crippen LogP contribution in [0.25, 0.3) is 0 Å². The summed E-state index contributed by atoms with van der Waals surface area (Å²) in [6.45, 7) is 1.54. The first-order chi connectivity index (χ1) is 8.70. The zero-order valence-corrected chi connectivity index (χ0v) is 10.0. The normalized spacial score (nSPS) is 19.3. The minimum absolute atomic E-state index is 0.156. The minimum Gasteiger partial charge on any atom is -0.481 e. The van der Waals surface area contributed by atoms with E-state index in [-0.39, 0.29) is 12.3 Å². The van der Waals surface area contributed by atoms with Crippen LogP contribution in [0.3, 0.4) is 0 Å². The van der Waals surface area contributed by atoms with Gasteiger partial charge in [-0.2, -0.15) is 5.26 Å². The summed E-state index contributed by atoms with van der Waals surface area (Å²) in [4.78, 5) is 16.9. The van der Waals surface area contributed by atoms with E-state index < -0.39 is 5.97 Å². The fraction of sp³-hybridized carbons (Fsp3) is 0.462. The molecule has 1 aromatic heterocycles. The summed E-state index contributed by atoms with van der Waals surface area (Å²) >= 11 is 0. The van der Waals surface area contributed by atoms with Crippen LogP contribution in [0.4, 0.5) is 5.69 Å². The second-order valence-corrected chi connectivity index (χ2v) is 4.56. The lowest BCUT2D eigenvalue weighted by Crippen LogP contribution is -2.36. The molecule has 0 amide bonds. The third-order valence-corrected chi connectivity index (χ3v) is 3.24. The number of carbonyl (C=O) groups is 1. The fourth-order valence-corrected chi connectivity index (χ4v) is 2.43. The molecule has 1 atom stereocenters. The van der Waals surface area contributed by atoms with Crippen LogP contribution in [0.1, 0.15) is 24.8 Å². The van der Waals surface area contributed by atoms with Gasteiger partial charge in [0.2, 0.25) is 0 Å². The maximum absolute atomic E-state index is 10.8. The van der Waals surface area contributed by atoms with Crippen LogP contribution >= 0.6 is 0 Å². The van der Waals surface area contributed by atoms with E-state index in [1.54, 1.807) is 18.5 Å². The molecule has 94 valence electrons. The monoisotopic (exact) mass is 245 g/mol. The van der Waals surface area contributed by atoms with E-state index in [1.807, 2.05) is 0 Å². The van der Waals surface area contributed by atoms with Crippen molar-refractivity contribution in [2.45, 2.75) is 19.3 Å². The van der Waals surface area contributed by atoms with E-state index in [0.29, 0.717) is 12.1 Å². The van der Waals surface area contributed by atoms with Crippen LogP contribution in [0, 0.1) is 17.2 Å². The molecule has 2 rings (SSSR count). The van der Waals surface area contributed by atoms with Crippen LogP contribution in [0.15, 0.2) is 18.5 Å². The van der Waals surface area contributed by atoms with Gasteiger partial charge in [-0.25, -0.2) is 0 Å². The summed E-state index contributed by atoms with van der Waals surface area (Å²) < 4.78 is 0. The summed E-state index contributed by atoms with van der Waals surface area (Å²) in [6, 6.07) is 3.84. The lowest BCUT2D eigenvalue weighted by Gasteiger charge is -2.34. The first kappa shape index (κ1) is 12.4. The zero-order chi connectivity index (χ0) is 13.0. The average molecular weight is 245 g/mol. The van der Waals surface area contributed by atoms with E-state index in [2.05, 4.69) is 16.0 Å². The highest BCUT2D eigenvalue weighted by atomic mass is 16.4. The molecule has 2 heterocycles. The van der Waals surface area contributed by atoms with Gasteiger partial charge in [0.25, 0.3) is 0 Å². The Balaban J connectivity index is 2.13. The largest absolute Gasteiger partial charge is 0.481 e. The molecule has 0 spiro atoms. The predicted molar refractivity (Wildman–Crippen MR) is 66.1 cm³/mol. The molecule has 0 radical (unpaired) electrons. The fourth-order valence-electron chi connectivity index (χ4n) is 2.43. The molecule has 5 nitrogen and oxygen atoms in total. The first-order valence-corrected chi connectivity index (χ1v) is 6.01. The molecule has 18 heavy (non-hydrogen) atoms. The van der Waals surface area contributed by atoms with Crippen molar-refractivity contribution in [2.75, 3.05) is 18.0 Å². The molecule has 0 aliphatic carbocycles. The van der Waals surface area contributed by atoms with Crippen LogP contribution < -0.4 is 4.90 Å². The SMILES string of the molecule is N#Cc1ccncc1N1CCCC(CC(=O)O)C1. The van der Waals surface area contributed by atoms with Gasteiger partial charge in [0.1, 0.15) is 6.07 Å². The Labute approximate surface area is 106 Å². The number of pyridine rings is 1. The zero-order valence-electron chi connectivity index (χ0n) is 10.0. The van der Waals surface area contributed by atoms with Crippen LogP contribution in [0.2, 0.25) is 0 Å². The van der Waals surface area contributed by atoms with Crippen LogP contribution in [0.5, 0.6) is 0 Å². The first-order valence-electron chi connectivity index (χ1n) is 6.01. The summed E-state index contributed by atoms with van der Waals surface area (Å²) in [7, 11) is 0. The number of carboxylic acid groups (broad SMARTS) is 1. The number of hydrogen-bond acceptors (Lipinski definition) is 4. The van der Waals surface area contributed by atoms with Crippen LogP contribution in [-0.2, 0) is 4.79 Å². The van der Waals surface area contributed by atoms with Crippen molar-refractivity contribution in [2.24, 2.45) is 5.92 Å². The van der Waals surface area contributed by atoms with Crippen LogP contribution in [-0.4, -0.2) is 29.1 Å². The maximum Gasteiger partial charge on any atom is 0.303 e. The molecule has 0 saturated carbocycles. The molecule has 1 fully saturated rings. The van der Waals surface area contributed by atoms with Crippen molar-refractivity contribution in [1.82, 2.24) is 4.98 Å². The third-order valence-electron chi connectivity index (χ3n) is 3.24. The highest BCUT2D eigenvalue weighted by Gasteiger charge is 2.23. The number of rotatable bonds is 3. The third kappa shape index (κ3) is 2.77. The van der Waals surface area contributed by atoms with Gasteiger partial charge in [0.05, 0.1) is 17.4 Å². The number of aromatic nitrogens is 1.